The van der Waals surface area contributed by atoms with E-state index >= 15 is 0 Å². The number of carbonyl (C=O) groups excluding carboxylic acids is 2. The van der Waals surface area contributed by atoms with Gasteiger partial charge in [-0.3, -0.25) is 14.9 Å². The van der Waals surface area contributed by atoms with Crippen molar-refractivity contribution in [2.24, 2.45) is 0 Å². The summed E-state index contributed by atoms with van der Waals surface area (Å²) in [5.41, 5.74) is 1.18. The predicted octanol–water partition coefficient (Wildman–Crippen LogP) is 4.21. The lowest BCUT2D eigenvalue weighted by Crippen LogP contribution is -2.17. The second-order valence-electron chi connectivity index (χ2n) is 5.56. The summed E-state index contributed by atoms with van der Waals surface area (Å²) in [7, 11) is 0. The van der Waals surface area contributed by atoms with Gasteiger partial charge in [0.1, 0.15) is 5.82 Å². The molecule has 0 aliphatic rings. The molecule has 0 saturated heterocycles. The number of thiophene rings is 1. The molecular formula is C18H16FN3O2S2. The molecule has 0 radical (unpaired) electrons. The molecule has 2 amide bonds. The number of thiazole rings is 1. The van der Waals surface area contributed by atoms with Gasteiger partial charge in [-0.15, -0.1) is 22.7 Å². The Labute approximate surface area is 157 Å². The van der Waals surface area contributed by atoms with Crippen LogP contribution in [0.3, 0.4) is 0 Å². The zero-order valence-corrected chi connectivity index (χ0v) is 15.8. The van der Waals surface area contributed by atoms with E-state index < -0.39 is 0 Å². The molecule has 0 spiro atoms. The average molecular weight is 389 g/mol. The third kappa shape index (κ3) is 4.33. The molecule has 2 heterocycles. The van der Waals surface area contributed by atoms with E-state index in [-0.39, 0.29) is 17.6 Å². The van der Waals surface area contributed by atoms with Gasteiger partial charge < -0.3 is 5.32 Å². The highest BCUT2D eigenvalue weighted by molar-refractivity contribution is 7.18. The smallest absolute Gasteiger partial charge is 0.257 e. The Morgan fingerprint density at radius 3 is 2.54 bits per heavy atom. The Morgan fingerprint density at radius 2 is 1.85 bits per heavy atom. The van der Waals surface area contributed by atoms with Crippen LogP contribution in [0.4, 0.5) is 9.52 Å². The number of amides is 2. The molecule has 0 unspecified atom stereocenters. The van der Waals surface area contributed by atoms with Crippen molar-refractivity contribution < 1.29 is 14.0 Å². The maximum absolute atomic E-state index is 13.0. The fourth-order valence-electron chi connectivity index (χ4n) is 2.26. The maximum atomic E-state index is 13.0. The molecule has 5 nitrogen and oxygen atoms in total. The molecule has 0 saturated carbocycles. The van der Waals surface area contributed by atoms with Crippen LogP contribution in [-0.2, 0) is 11.3 Å². The molecule has 3 aromatic rings. The molecule has 0 aliphatic heterocycles. The summed E-state index contributed by atoms with van der Waals surface area (Å²) in [6, 6.07) is 9.26. The molecule has 134 valence electrons. The monoisotopic (exact) mass is 389 g/mol. The second kappa shape index (κ2) is 7.76. The van der Waals surface area contributed by atoms with Gasteiger partial charge in [0.15, 0.2) is 5.13 Å². The molecule has 8 heteroatoms. The number of aryl methyl sites for hydroxylation is 1. The highest BCUT2D eigenvalue weighted by Crippen LogP contribution is 2.34. The molecule has 1 aromatic carbocycles. The summed E-state index contributed by atoms with van der Waals surface area (Å²) in [6.45, 7) is 3.90. The van der Waals surface area contributed by atoms with Gasteiger partial charge in [-0.05, 0) is 43.3 Å². The third-order valence-corrected chi connectivity index (χ3v) is 5.51. The number of rotatable bonds is 5. The van der Waals surface area contributed by atoms with Gasteiger partial charge in [-0.25, -0.2) is 9.37 Å². The molecular weight excluding hydrogens is 373 g/mol. The van der Waals surface area contributed by atoms with Crippen molar-refractivity contribution in [3.8, 4) is 10.6 Å². The van der Waals surface area contributed by atoms with E-state index in [0.717, 1.165) is 20.3 Å². The lowest BCUT2D eigenvalue weighted by molar-refractivity contribution is -0.119. The zero-order chi connectivity index (χ0) is 18.7. The van der Waals surface area contributed by atoms with Crippen LogP contribution >= 0.6 is 22.7 Å². The van der Waals surface area contributed by atoms with Crippen molar-refractivity contribution in [1.29, 1.82) is 0 Å². The van der Waals surface area contributed by atoms with Crippen LogP contribution in [-0.4, -0.2) is 16.8 Å². The summed E-state index contributed by atoms with van der Waals surface area (Å²) in [6.07, 6.45) is 0. The number of nitrogens with zero attached hydrogens (tertiary/aromatic N) is 1. The van der Waals surface area contributed by atoms with E-state index in [9.17, 15) is 14.0 Å². The Hall–Kier alpha value is -2.58. The minimum absolute atomic E-state index is 0.0735. The van der Waals surface area contributed by atoms with Gasteiger partial charge in [-0.1, -0.05) is 0 Å². The van der Waals surface area contributed by atoms with Gasteiger partial charge in [0, 0.05) is 22.2 Å². The molecule has 0 aliphatic carbocycles. The normalized spacial score (nSPS) is 10.6. The number of hydrogen-bond donors (Lipinski definition) is 2. The van der Waals surface area contributed by atoms with Gasteiger partial charge >= 0.3 is 0 Å². The molecule has 2 N–H and O–H groups in total. The highest BCUT2D eigenvalue weighted by atomic mass is 32.1. The topological polar surface area (TPSA) is 71.1 Å². The van der Waals surface area contributed by atoms with Gasteiger partial charge in [0.25, 0.3) is 5.91 Å². The lowest BCUT2D eigenvalue weighted by atomic mass is 10.2. The summed E-state index contributed by atoms with van der Waals surface area (Å²) in [4.78, 5) is 30.7. The first-order valence-corrected chi connectivity index (χ1v) is 9.43. The summed E-state index contributed by atoms with van der Waals surface area (Å²) >= 11 is 2.93. The van der Waals surface area contributed by atoms with E-state index in [4.69, 9.17) is 0 Å². The van der Waals surface area contributed by atoms with Gasteiger partial charge in [0.2, 0.25) is 5.91 Å². The largest absolute Gasteiger partial charge is 0.351 e. The van der Waals surface area contributed by atoms with Gasteiger partial charge in [0.05, 0.1) is 17.1 Å². The second-order valence-corrected chi connectivity index (χ2v) is 7.93. The van der Waals surface area contributed by atoms with Gasteiger partial charge in [-0.2, -0.15) is 0 Å². The Bertz CT molecular complexity index is 948. The van der Waals surface area contributed by atoms with Crippen LogP contribution in [0, 0.1) is 12.7 Å². The summed E-state index contributed by atoms with van der Waals surface area (Å²) in [5, 5.41) is 6.00. The summed E-state index contributed by atoms with van der Waals surface area (Å²) < 4.78 is 13.0. The van der Waals surface area contributed by atoms with E-state index in [1.54, 1.807) is 11.3 Å². The van der Waals surface area contributed by atoms with Crippen molar-refractivity contribution in [2.75, 3.05) is 5.32 Å². The first kappa shape index (κ1) is 18.2. The Kier molecular flexibility index (Phi) is 5.43. The molecule has 0 atom stereocenters. The fraction of sp³-hybridized carbons (Fsp3) is 0.167. The first-order valence-electron chi connectivity index (χ1n) is 7.80. The molecule has 3 rings (SSSR count). The lowest BCUT2D eigenvalue weighted by Gasteiger charge is -2.01. The number of halogens is 1. The quantitative estimate of drug-likeness (QED) is 0.687. The predicted molar refractivity (Wildman–Crippen MR) is 102 cm³/mol. The molecule has 26 heavy (non-hydrogen) atoms. The number of nitrogens with one attached hydrogen (secondary N) is 2. The third-order valence-electron chi connectivity index (χ3n) is 3.53. The number of aromatic nitrogens is 1. The summed E-state index contributed by atoms with van der Waals surface area (Å²) in [5.74, 6) is -0.792. The van der Waals surface area contributed by atoms with Crippen LogP contribution in [0.15, 0.2) is 36.4 Å². The van der Waals surface area contributed by atoms with E-state index in [0.29, 0.717) is 17.2 Å². The van der Waals surface area contributed by atoms with E-state index in [2.05, 4.69) is 15.6 Å². The van der Waals surface area contributed by atoms with E-state index in [1.165, 1.54) is 42.5 Å². The molecule has 0 fully saturated rings. The zero-order valence-electron chi connectivity index (χ0n) is 14.1. The standard InChI is InChI=1S/C18H16FN3O2S2/c1-10-16(15-8-7-14(26-15)9-20-11(2)23)21-18(25-10)22-17(24)12-3-5-13(19)6-4-12/h3-8H,9H2,1-2H3,(H,20,23)(H,21,22,24). The van der Waals surface area contributed by atoms with Crippen LogP contribution in [0.1, 0.15) is 27.0 Å². The number of hydrogen-bond acceptors (Lipinski definition) is 5. The van der Waals surface area contributed by atoms with Crippen LogP contribution in [0.2, 0.25) is 0 Å². The maximum Gasteiger partial charge on any atom is 0.257 e. The van der Waals surface area contributed by atoms with Crippen LogP contribution < -0.4 is 10.6 Å². The van der Waals surface area contributed by atoms with Crippen LogP contribution in [0.5, 0.6) is 0 Å². The van der Waals surface area contributed by atoms with Crippen molar-refractivity contribution in [3.63, 3.8) is 0 Å². The molecule has 2 aromatic heterocycles. The minimum atomic E-state index is -0.387. The minimum Gasteiger partial charge on any atom is -0.351 e. The fourth-order valence-corrected chi connectivity index (χ4v) is 4.14. The Balaban J connectivity index is 1.73. The number of anilines is 1. The average Bonchev–Trinajstić information content (AvgIpc) is 3.20. The van der Waals surface area contributed by atoms with Crippen LogP contribution in [0.25, 0.3) is 10.6 Å². The van der Waals surface area contributed by atoms with Crippen molar-refractivity contribution in [1.82, 2.24) is 10.3 Å². The number of carbonyl (C=O) groups is 2. The highest BCUT2D eigenvalue weighted by Gasteiger charge is 2.15. The van der Waals surface area contributed by atoms with Crippen molar-refractivity contribution >= 4 is 39.6 Å². The number of benzene rings is 1. The van der Waals surface area contributed by atoms with Crippen molar-refractivity contribution in [3.05, 3.63) is 57.5 Å². The SMILES string of the molecule is CC(=O)NCc1ccc(-c2nc(NC(=O)c3ccc(F)cc3)sc2C)s1. The van der Waals surface area contributed by atoms with E-state index in [1.807, 2.05) is 19.1 Å². The molecule has 0 bridgehead atoms. The van der Waals surface area contributed by atoms with Crippen molar-refractivity contribution in [2.45, 2.75) is 20.4 Å². The Morgan fingerprint density at radius 1 is 1.12 bits per heavy atom. The first-order chi connectivity index (χ1) is 12.4.